The van der Waals surface area contributed by atoms with Crippen LogP contribution in [0, 0.1) is 0 Å². The Kier molecular flexibility index (Phi) is 5.29. The maximum atomic E-state index is 12.9. The van der Waals surface area contributed by atoms with Crippen LogP contribution in [0.15, 0.2) is 41.3 Å². The molecule has 2 amide bonds. The van der Waals surface area contributed by atoms with Crippen LogP contribution >= 0.6 is 23.4 Å². The van der Waals surface area contributed by atoms with Crippen molar-refractivity contribution in [3.8, 4) is 11.5 Å². The molecule has 1 aliphatic heterocycles. The van der Waals surface area contributed by atoms with E-state index in [4.69, 9.17) is 26.8 Å². The Morgan fingerprint density at radius 1 is 1.12 bits per heavy atom. The number of anilines is 2. The largest absolute Gasteiger partial charge is 0.495 e. The molecule has 26 heavy (non-hydrogen) atoms. The van der Waals surface area contributed by atoms with Crippen molar-refractivity contribution in [1.29, 1.82) is 0 Å². The van der Waals surface area contributed by atoms with Crippen molar-refractivity contribution in [1.82, 2.24) is 0 Å². The lowest BCUT2D eigenvalue weighted by Crippen LogP contribution is -2.31. The van der Waals surface area contributed by atoms with Gasteiger partial charge in [0, 0.05) is 23.1 Å². The Morgan fingerprint density at radius 3 is 2.38 bits per heavy atom. The van der Waals surface area contributed by atoms with Crippen molar-refractivity contribution in [2.75, 3.05) is 24.9 Å². The SMILES string of the molecule is COc1cc(OC)c(N2C(=O)CC(Sc3ccc(N)cc3)C2=O)cc1Cl. The molecule has 0 aromatic heterocycles. The number of rotatable bonds is 5. The summed E-state index contributed by atoms with van der Waals surface area (Å²) in [6.07, 6.45) is 0.0979. The zero-order chi connectivity index (χ0) is 18.8. The maximum absolute atomic E-state index is 12.9. The van der Waals surface area contributed by atoms with Crippen LogP contribution in [0.25, 0.3) is 0 Å². The molecule has 8 heteroatoms. The third-order valence-corrected chi connectivity index (χ3v) is 5.45. The number of nitrogens with zero attached hydrogens (tertiary/aromatic N) is 1. The van der Waals surface area contributed by atoms with Gasteiger partial charge in [-0.3, -0.25) is 9.59 Å². The summed E-state index contributed by atoms with van der Waals surface area (Å²) < 4.78 is 10.5. The first-order valence-corrected chi connectivity index (χ1v) is 9.01. The highest BCUT2D eigenvalue weighted by atomic mass is 35.5. The fourth-order valence-electron chi connectivity index (χ4n) is 2.68. The number of nitrogen functional groups attached to an aromatic ring is 1. The molecule has 1 saturated heterocycles. The zero-order valence-corrected chi connectivity index (χ0v) is 15.8. The first-order chi connectivity index (χ1) is 12.4. The van der Waals surface area contributed by atoms with Gasteiger partial charge in [0.15, 0.2) is 0 Å². The van der Waals surface area contributed by atoms with Crippen molar-refractivity contribution in [3.63, 3.8) is 0 Å². The number of nitrogens with two attached hydrogens (primary N) is 1. The molecule has 1 fully saturated rings. The molecule has 6 nitrogen and oxygen atoms in total. The second kappa shape index (κ2) is 7.47. The van der Waals surface area contributed by atoms with Gasteiger partial charge in [-0.2, -0.15) is 0 Å². The van der Waals surface area contributed by atoms with Crippen molar-refractivity contribution < 1.29 is 19.1 Å². The van der Waals surface area contributed by atoms with Gasteiger partial charge in [0.25, 0.3) is 0 Å². The second-order valence-corrected chi connectivity index (χ2v) is 7.29. The van der Waals surface area contributed by atoms with E-state index in [1.807, 2.05) is 12.1 Å². The van der Waals surface area contributed by atoms with Crippen molar-refractivity contribution in [2.45, 2.75) is 16.6 Å². The number of imide groups is 1. The topological polar surface area (TPSA) is 81.9 Å². The number of hydrogen-bond acceptors (Lipinski definition) is 6. The number of benzene rings is 2. The molecule has 0 radical (unpaired) electrons. The Morgan fingerprint density at radius 2 is 1.77 bits per heavy atom. The fraction of sp³-hybridized carbons (Fsp3) is 0.222. The van der Waals surface area contributed by atoms with E-state index in [0.717, 1.165) is 9.80 Å². The lowest BCUT2D eigenvalue weighted by Gasteiger charge is -2.19. The molecule has 0 aliphatic carbocycles. The summed E-state index contributed by atoms with van der Waals surface area (Å²) in [7, 11) is 2.93. The van der Waals surface area contributed by atoms with Crippen LogP contribution in [0.5, 0.6) is 11.5 Å². The number of methoxy groups -OCH3 is 2. The molecule has 3 rings (SSSR count). The van der Waals surface area contributed by atoms with E-state index in [1.54, 1.807) is 18.2 Å². The summed E-state index contributed by atoms with van der Waals surface area (Å²) >= 11 is 7.50. The number of thioether (sulfide) groups is 1. The number of ether oxygens (including phenoxy) is 2. The minimum absolute atomic E-state index is 0.0979. The predicted octanol–water partition coefficient (Wildman–Crippen LogP) is 3.36. The number of hydrogen-bond donors (Lipinski definition) is 1. The molecule has 1 atom stereocenters. The quantitative estimate of drug-likeness (QED) is 0.620. The molecule has 2 aromatic carbocycles. The van der Waals surface area contributed by atoms with E-state index in [2.05, 4.69) is 0 Å². The van der Waals surface area contributed by atoms with Crippen LogP contribution in [0.4, 0.5) is 11.4 Å². The second-order valence-electron chi connectivity index (χ2n) is 5.61. The summed E-state index contributed by atoms with van der Waals surface area (Å²) in [5.41, 5.74) is 6.63. The molecular formula is C18H17ClN2O4S. The van der Waals surface area contributed by atoms with Crippen LogP contribution in [-0.2, 0) is 9.59 Å². The van der Waals surface area contributed by atoms with Crippen LogP contribution in [-0.4, -0.2) is 31.3 Å². The average molecular weight is 393 g/mol. The lowest BCUT2D eigenvalue weighted by molar-refractivity contribution is -0.121. The van der Waals surface area contributed by atoms with E-state index in [0.29, 0.717) is 27.9 Å². The molecule has 0 saturated carbocycles. The standard InChI is InChI=1S/C18H17ClN2O4S/c1-24-14-8-15(25-2)13(7-12(14)19)21-17(22)9-16(18(21)23)26-11-5-3-10(20)4-6-11/h3-8,16H,9,20H2,1-2H3. The van der Waals surface area contributed by atoms with Crippen molar-refractivity contribution in [3.05, 3.63) is 41.4 Å². The van der Waals surface area contributed by atoms with Crippen LogP contribution in [0.1, 0.15) is 6.42 Å². The summed E-state index contributed by atoms with van der Waals surface area (Å²) in [5, 5.41) is -0.227. The highest BCUT2D eigenvalue weighted by molar-refractivity contribution is 8.00. The first kappa shape index (κ1) is 18.4. The molecule has 1 aliphatic rings. The average Bonchev–Trinajstić information content (AvgIpc) is 2.90. The third kappa shape index (κ3) is 3.45. The maximum Gasteiger partial charge on any atom is 0.247 e. The fourth-order valence-corrected chi connectivity index (χ4v) is 3.97. The first-order valence-electron chi connectivity index (χ1n) is 7.75. The molecule has 136 valence electrons. The number of halogens is 1. The van der Waals surface area contributed by atoms with E-state index in [9.17, 15) is 9.59 Å². The van der Waals surface area contributed by atoms with E-state index in [1.165, 1.54) is 32.0 Å². The Balaban J connectivity index is 1.89. The lowest BCUT2D eigenvalue weighted by atomic mass is 10.2. The normalized spacial score (nSPS) is 16.9. The highest BCUT2D eigenvalue weighted by Crippen LogP contribution is 2.42. The number of carbonyl (C=O) groups is 2. The predicted molar refractivity (Wildman–Crippen MR) is 102 cm³/mol. The molecule has 2 aromatic rings. The van der Waals surface area contributed by atoms with Crippen LogP contribution in [0.2, 0.25) is 5.02 Å². The molecule has 2 N–H and O–H groups in total. The van der Waals surface area contributed by atoms with Gasteiger partial charge in [-0.1, -0.05) is 11.6 Å². The molecule has 0 bridgehead atoms. The van der Waals surface area contributed by atoms with Gasteiger partial charge < -0.3 is 15.2 Å². The number of amides is 2. The molecule has 0 spiro atoms. The van der Waals surface area contributed by atoms with Gasteiger partial charge in [0.05, 0.1) is 30.2 Å². The van der Waals surface area contributed by atoms with Crippen LogP contribution < -0.4 is 20.1 Å². The minimum Gasteiger partial charge on any atom is -0.495 e. The summed E-state index contributed by atoms with van der Waals surface area (Å²) in [5.74, 6) is 0.129. The minimum atomic E-state index is -0.517. The molecular weight excluding hydrogens is 376 g/mol. The van der Waals surface area contributed by atoms with Gasteiger partial charge in [-0.05, 0) is 30.3 Å². The monoisotopic (exact) mass is 392 g/mol. The smallest absolute Gasteiger partial charge is 0.247 e. The van der Waals surface area contributed by atoms with E-state index < -0.39 is 5.25 Å². The Hall–Kier alpha value is -2.38. The number of carbonyl (C=O) groups excluding carboxylic acids is 2. The van der Waals surface area contributed by atoms with E-state index >= 15 is 0 Å². The molecule has 1 unspecified atom stereocenters. The molecule has 1 heterocycles. The summed E-state index contributed by atoms with van der Waals surface area (Å²) in [4.78, 5) is 27.4. The Bertz CT molecular complexity index is 857. The Labute approximate surface area is 160 Å². The van der Waals surface area contributed by atoms with Crippen LogP contribution in [0.3, 0.4) is 0 Å². The zero-order valence-electron chi connectivity index (χ0n) is 14.2. The van der Waals surface area contributed by atoms with Gasteiger partial charge in [0.2, 0.25) is 11.8 Å². The van der Waals surface area contributed by atoms with Gasteiger partial charge in [0.1, 0.15) is 11.5 Å². The van der Waals surface area contributed by atoms with E-state index in [-0.39, 0.29) is 18.2 Å². The van der Waals surface area contributed by atoms with Crippen molar-refractivity contribution in [2.24, 2.45) is 0 Å². The highest BCUT2D eigenvalue weighted by Gasteiger charge is 2.41. The van der Waals surface area contributed by atoms with Gasteiger partial charge >= 0.3 is 0 Å². The van der Waals surface area contributed by atoms with Crippen molar-refractivity contribution >= 4 is 46.6 Å². The van der Waals surface area contributed by atoms with Gasteiger partial charge in [-0.15, -0.1) is 11.8 Å². The summed E-state index contributed by atoms with van der Waals surface area (Å²) in [6.45, 7) is 0. The summed E-state index contributed by atoms with van der Waals surface area (Å²) in [6, 6.07) is 10.2. The van der Waals surface area contributed by atoms with Gasteiger partial charge in [-0.25, -0.2) is 4.90 Å². The third-order valence-electron chi connectivity index (χ3n) is 3.96.